The molecule has 0 bridgehead atoms. The summed E-state index contributed by atoms with van der Waals surface area (Å²) in [5.41, 5.74) is 0. The quantitative estimate of drug-likeness (QED) is 0.574. The van der Waals surface area contributed by atoms with Crippen molar-refractivity contribution in [1.82, 2.24) is 0 Å². The molecule has 0 saturated heterocycles. The first-order chi connectivity index (χ1) is 5.75. The second-order valence-corrected chi connectivity index (χ2v) is 3.14. The van der Waals surface area contributed by atoms with Crippen molar-refractivity contribution in [3.8, 4) is 0 Å². The molecule has 0 fully saturated rings. The van der Waals surface area contributed by atoms with Crippen LogP contribution in [0.3, 0.4) is 0 Å². The number of hydrogen-bond donors (Lipinski definition) is 1. The van der Waals surface area contributed by atoms with E-state index in [0.29, 0.717) is 0 Å². The average Bonchev–Trinajstić information content (AvgIpc) is 1.81. The first-order valence-corrected chi connectivity index (χ1v) is 3.43. The van der Waals surface area contributed by atoms with Crippen molar-refractivity contribution in [3.05, 3.63) is 0 Å². The Balaban J connectivity index is 5.30. The van der Waals surface area contributed by atoms with E-state index in [-0.39, 0.29) is 0 Å². The van der Waals surface area contributed by atoms with E-state index in [9.17, 15) is 35.1 Å². The summed E-state index contributed by atoms with van der Waals surface area (Å²) in [6.45, 7) is -0.583. The third-order valence-electron chi connectivity index (χ3n) is 1.32. The molecule has 0 rings (SSSR count). The number of rotatable bonds is 3. The van der Waals surface area contributed by atoms with E-state index in [4.69, 9.17) is 0 Å². The third-order valence-corrected chi connectivity index (χ3v) is 1.60. The van der Waals surface area contributed by atoms with Gasteiger partial charge in [0.2, 0.25) is 0 Å². The predicted octanol–water partition coefficient (Wildman–Crippen LogP) is 3.43. The average molecular weight is 248 g/mol. The highest BCUT2D eigenvalue weighted by Gasteiger charge is 2.78. The summed E-state index contributed by atoms with van der Waals surface area (Å²) in [7, 11) is 0. The fourth-order valence-electron chi connectivity index (χ4n) is 0.465. The van der Waals surface area contributed by atoms with Gasteiger partial charge in [0.05, 0.1) is 0 Å². The van der Waals surface area contributed by atoms with Crippen molar-refractivity contribution in [1.29, 1.82) is 0 Å². The van der Waals surface area contributed by atoms with Gasteiger partial charge in [-0.3, -0.25) is 0 Å². The fourth-order valence-corrected chi connectivity index (χ4v) is 0.605. The lowest BCUT2D eigenvalue weighted by atomic mass is 10.1. The molecule has 0 aliphatic heterocycles. The molecule has 0 nitrogen and oxygen atoms in total. The summed E-state index contributed by atoms with van der Waals surface area (Å²) in [5.74, 6) is -17.7. The minimum atomic E-state index is -6.23. The number of halogens is 8. The fraction of sp³-hybridized carbons (Fsp3) is 1.00. The van der Waals surface area contributed by atoms with Crippen LogP contribution < -0.4 is 0 Å². The van der Waals surface area contributed by atoms with Crippen molar-refractivity contribution in [2.24, 2.45) is 0 Å². The van der Waals surface area contributed by atoms with Crippen LogP contribution in [-0.2, 0) is 0 Å². The molecule has 0 aromatic carbocycles. The van der Waals surface area contributed by atoms with Gasteiger partial charge in [-0.25, -0.2) is 0 Å². The minimum Gasteiger partial charge on any atom is -0.200 e. The van der Waals surface area contributed by atoms with Gasteiger partial charge in [0.1, 0.15) is 0 Å². The molecule has 0 N–H and O–H groups in total. The van der Waals surface area contributed by atoms with Crippen LogP contribution in [0.2, 0.25) is 0 Å². The van der Waals surface area contributed by atoms with Gasteiger partial charge >= 0.3 is 23.0 Å². The standard InChI is InChI=1S/C5H4F8S/c1-2(6,7)3(8,9)4(10,11)5(12,13)14/h14H,1H3. The maximum Gasteiger partial charge on any atom is 0.387 e. The van der Waals surface area contributed by atoms with Gasteiger partial charge in [-0.05, 0) is 0 Å². The second kappa shape index (κ2) is 3.14. The second-order valence-electron chi connectivity index (χ2n) is 2.58. The number of alkyl halides is 8. The number of hydrogen-bond acceptors (Lipinski definition) is 1. The molecule has 0 atom stereocenters. The van der Waals surface area contributed by atoms with E-state index >= 15 is 0 Å². The van der Waals surface area contributed by atoms with Crippen LogP contribution in [0.15, 0.2) is 0 Å². The van der Waals surface area contributed by atoms with Crippen molar-refractivity contribution in [2.75, 3.05) is 0 Å². The van der Waals surface area contributed by atoms with Crippen molar-refractivity contribution < 1.29 is 35.1 Å². The molecule has 86 valence electrons. The molecule has 0 heterocycles. The van der Waals surface area contributed by atoms with Crippen molar-refractivity contribution >= 4 is 12.6 Å². The van der Waals surface area contributed by atoms with Gasteiger partial charge in [-0.2, -0.15) is 35.1 Å². The van der Waals surface area contributed by atoms with Gasteiger partial charge in [0, 0.05) is 6.92 Å². The van der Waals surface area contributed by atoms with Gasteiger partial charge in [-0.1, -0.05) is 12.6 Å². The van der Waals surface area contributed by atoms with Gasteiger partial charge < -0.3 is 0 Å². The van der Waals surface area contributed by atoms with Crippen LogP contribution in [0.4, 0.5) is 35.1 Å². The highest BCUT2D eigenvalue weighted by atomic mass is 32.1. The Morgan fingerprint density at radius 2 is 1.00 bits per heavy atom. The monoisotopic (exact) mass is 248 g/mol. The molecule has 0 aromatic heterocycles. The first-order valence-electron chi connectivity index (χ1n) is 2.99. The summed E-state index contributed by atoms with van der Waals surface area (Å²) < 4.78 is 96.2. The lowest BCUT2D eigenvalue weighted by molar-refractivity contribution is -0.340. The van der Waals surface area contributed by atoms with E-state index in [0.717, 1.165) is 0 Å². The molecule has 14 heavy (non-hydrogen) atoms. The summed E-state index contributed by atoms with van der Waals surface area (Å²) in [6, 6.07) is 0. The van der Waals surface area contributed by atoms with Crippen LogP contribution in [0.25, 0.3) is 0 Å². The Labute approximate surface area is 78.7 Å². The van der Waals surface area contributed by atoms with Crippen LogP contribution in [-0.4, -0.2) is 23.0 Å². The summed E-state index contributed by atoms with van der Waals surface area (Å²) in [5, 5.41) is -5.53. The molecule has 0 amide bonds. The SMILES string of the molecule is CC(F)(F)C(F)(F)C(F)(F)C(F)(F)S. The third kappa shape index (κ3) is 1.91. The maximum atomic E-state index is 12.2. The van der Waals surface area contributed by atoms with Gasteiger partial charge in [-0.15, -0.1) is 0 Å². The topological polar surface area (TPSA) is 0 Å². The molecular formula is C5H4F8S. The lowest BCUT2D eigenvalue weighted by Gasteiger charge is -2.33. The van der Waals surface area contributed by atoms with E-state index in [2.05, 4.69) is 0 Å². The predicted molar refractivity (Wildman–Crippen MR) is 34.4 cm³/mol. The summed E-state index contributed by atoms with van der Waals surface area (Å²) in [4.78, 5) is 0. The van der Waals surface area contributed by atoms with Crippen LogP contribution in [0.5, 0.6) is 0 Å². The summed E-state index contributed by atoms with van der Waals surface area (Å²) in [6.07, 6.45) is 0. The molecule has 0 radical (unpaired) electrons. The molecule has 0 spiro atoms. The Morgan fingerprint density at radius 3 is 1.07 bits per heavy atom. The zero-order chi connectivity index (χ0) is 12.0. The van der Waals surface area contributed by atoms with E-state index in [1.165, 1.54) is 0 Å². The zero-order valence-corrected chi connectivity index (χ0v) is 7.37. The Kier molecular flexibility index (Phi) is 3.09. The van der Waals surface area contributed by atoms with Gasteiger partial charge in [0.15, 0.2) is 0 Å². The Bertz CT molecular complexity index is 187. The molecule has 0 aliphatic carbocycles. The molecule has 0 aromatic rings. The number of thiol groups is 1. The Hall–Kier alpha value is -0.210. The zero-order valence-electron chi connectivity index (χ0n) is 6.47. The highest BCUT2D eigenvalue weighted by molar-refractivity contribution is 7.81. The Morgan fingerprint density at radius 1 is 0.714 bits per heavy atom. The maximum absolute atomic E-state index is 12.2. The van der Waals surface area contributed by atoms with E-state index in [1.54, 1.807) is 0 Å². The molecule has 0 saturated carbocycles. The highest BCUT2D eigenvalue weighted by Crippen LogP contribution is 2.53. The van der Waals surface area contributed by atoms with Gasteiger partial charge in [0.25, 0.3) is 0 Å². The van der Waals surface area contributed by atoms with Crippen molar-refractivity contribution in [3.63, 3.8) is 0 Å². The minimum absolute atomic E-state index is 0.583. The van der Waals surface area contributed by atoms with E-state index in [1.807, 2.05) is 12.6 Å². The molecule has 0 unspecified atom stereocenters. The normalized spacial score (nSPS) is 15.9. The molecule has 9 heteroatoms. The first kappa shape index (κ1) is 13.8. The smallest absolute Gasteiger partial charge is 0.200 e. The molecular weight excluding hydrogens is 244 g/mol. The summed E-state index contributed by atoms with van der Waals surface area (Å²) >= 11 is 1.86. The largest absolute Gasteiger partial charge is 0.387 e. The van der Waals surface area contributed by atoms with Crippen LogP contribution in [0, 0.1) is 0 Å². The van der Waals surface area contributed by atoms with E-state index < -0.39 is 29.9 Å². The van der Waals surface area contributed by atoms with Crippen LogP contribution >= 0.6 is 12.6 Å². The van der Waals surface area contributed by atoms with Crippen LogP contribution in [0.1, 0.15) is 6.92 Å². The van der Waals surface area contributed by atoms with Crippen molar-refractivity contribution in [2.45, 2.75) is 29.9 Å². The lowest BCUT2D eigenvalue weighted by Crippen LogP contribution is -2.59. The molecule has 0 aliphatic rings.